The van der Waals surface area contributed by atoms with Gasteiger partial charge in [0.15, 0.2) is 5.82 Å². The van der Waals surface area contributed by atoms with Crippen molar-refractivity contribution in [3.05, 3.63) is 11.7 Å². The predicted molar refractivity (Wildman–Crippen MR) is 57.4 cm³/mol. The van der Waals surface area contributed by atoms with Crippen LogP contribution in [0, 0.1) is 6.92 Å². The lowest BCUT2D eigenvalue weighted by molar-refractivity contribution is 0.266. The lowest BCUT2D eigenvalue weighted by Crippen LogP contribution is -2.38. The van der Waals surface area contributed by atoms with Gasteiger partial charge >= 0.3 is 0 Å². The molecule has 0 radical (unpaired) electrons. The lowest BCUT2D eigenvalue weighted by Gasteiger charge is -2.28. The Hall–Kier alpha value is -0.950. The maximum Gasteiger partial charge on any atom is 0.231 e. The Morgan fingerprint density at radius 3 is 2.81 bits per heavy atom. The summed E-state index contributed by atoms with van der Waals surface area (Å²) in [6.45, 7) is 2.78. The van der Waals surface area contributed by atoms with Crippen molar-refractivity contribution in [3.63, 3.8) is 0 Å². The van der Waals surface area contributed by atoms with Crippen molar-refractivity contribution in [2.75, 3.05) is 19.3 Å². The summed E-state index contributed by atoms with van der Waals surface area (Å²) in [7, 11) is -3.12. The Labute approximate surface area is 94.7 Å². The first-order chi connectivity index (χ1) is 7.47. The van der Waals surface area contributed by atoms with E-state index in [-0.39, 0.29) is 5.92 Å². The number of nitrogens with zero attached hydrogens (tertiary/aromatic N) is 3. The largest absolute Gasteiger partial charge is 0.339 e. The molecule has 2 rings (SSSR count). The van der Waals surface area contributed by atoms with E-state index in [0.29, 0.717) is 24.8 Å². The van der Waals surface area contributed by atoms with Crippen molar-refractivity contribution in [2.45, 2.75) is 25.7 Å². The molecule has 0 N–H and O–H groups in total. The van der Waals surface area contributed by atoms with Crippen molar-refractivity contribution >= 4 is 10.0 Å². The summed E-state index contributed by atoms with van der Waals surface area (Å²) in [6.07, 6.45) is 2.96. The van der Waals surface area contributed by atoms with Gasteiger partial charge in [0.25, 0.3) is 0 Å². The van der Waals surface area contributed by atoms with Crippen LogP contribution in [0.2, 0.25) is 0 Å². The molecule has 1 aliphatic heterocycles. The molecule has 0 saturated carbocycles. The monoisotopic (exact) mass is 245 g/mol. The van der Waals surface area contributed by atoms with Crippen LogP contribution < -0.4 is 0 Å². The number of hydrogen-bond donors (Lipinski definition) is 0. The summed E-state index contributed by atoms with van der Waals surface area (Å²) in [5, 5.41) is 3.72. The smallest absolute Gasteiger partial charge is 0.231 e. The van der Waals surface area contributed by atoms with E-state index in [9.17, 15) is 8.42 Å². The number of rotatable bonds is 2. The summed E-state index contributed by atoms with van der Waals surface area (Å²) in [5.41, 5.74) is 0. The topological polar surface area (TPSA) is 76.3 Å². The van der Waals surface area contributed by atoms with Crippen molar-refractivity contribution in [3.8, 4) is 0 Å². The van der Waals surface area contributed by atoms with E-state index in [0.717, 1.165) is 12.8 Å². The highest BCUT2D eigenvalue weighted by Gasteiger charge is 2.29. The minimum Gasteiger partial charge on any atom is -0.339 e. The second-order valence-electron chi connectivity index (χ2n) is 4.14. The Kier molecular flexibility index (Phi) is 2.98. The van der Waals surface area contributed by atoms with Crippen molar-refractivity contribution in [1.82, 2.24) is 14.4 Å². The third-order valence-corrected chi connectivity index (χ3v) is 4.02. The van der Waals surface area contributed by atoms with Gasteiger partial charge in [0, 0.05) is 13.1 Å². The van der Waals surface area contributed by atoms with Crippen LogP contribution in [-0.4, -0.2) is 42.2 Å². The van der Waals surface area contributed by atoms with Crippen LogP contribution in [0.25, 0.3) is 0 Å². The molecule has 2 heterocycles. The van der Waals surface area contributed by atoms with Gasteiger partial charge in [-0.3, -0.25) is 0 Å². The fourth-order valence-electron chi connectivity index (χ4n) is 1.92. The van der Waals surface area contributed by atoms with Crippen LogP contribution in [-0.2, 0) is 10.0 Å². The fraction of sp³-hybridized carbons (Fsp3) is 0.778. The van der Waals surface area contributed by atoms with Gasteiger partial charge in [-0.2, -0.15) is 4.98 Å². The molecule has 16 heavy (non-hydrogen) atoms. The second kappa shape index (κ2) is 4.14. The average Bonchev–Trinajstić information content (AvgIpc) is 2.64. The zero-order valence-corrected chi connectivity index (χ0v) is 10.2. The van der Waals surface area contributed by atoms with Crippen LogP contribution in [0.4, 0.5) is 0 Å². The molecule has 1 unspecified atom stereocenters. The third kappa shape index (κ3) is 2.41. The van der Waals surface area contributed by atoms with Gasteiger partial charge in [0.2, 0.25) is 15.9 Å². The predicted octanol–water partition coefficient (Wildman–Crippen LogP) is 0.517. The van der Waals surface area contributed by atoms with E-state index in [1.165, 1.54) is 10.6 Å². The van der Waals surface area contributed by atoms with Crippen LogP contribution in [0.3, 0.4) is 0 Å². The van der Waals surface area contributed by atoms with E-state index in [1.54, 1.807) is 6.92 Å². The molecule has 0 aromatic carbocycles. The quantitative estimate of drug-likeness (QED) is 0.759. The average molecular weight is 245 g/mol. The highest BCUT2D eigenvalue weighted by molar-refractivity contribution is 7.88. The Bertz CT molecular complexity index is 468. The van der Waals surface area contributed by atoms with Crippen LogP contribution in [0.15, 0.2) is 4.52 Å². The Morgan fingerprint density at radius 2 is 2.25 bits per heavy atom. The highest BCUT2D eigenvalue weighted by Crippen LogP contribution is 2.26. The maximum atomic E-state index is 11.4. The first-order valence-electron chi connectivity index (χ1n) is 5.22. The number of hydrogen-bond acceptors (Lipinski definition) is 5. The molecule has 7 heteroatoms. The molecule has 0 spiro atoms. The number of sulfonamides is 1. The van der Waals surface area contributed by atoms with E-state index in [4.69, 9.17) is 4.52 Å². The zero-order chi connectivity index (χ0) is 11.8. The molecule has 0 bridgehead atoms. The summed E-state index contributed by atoms with van der Waals surface area (Å²) >= 11 is 0. The molecule has 90 valence electrons. The van der Waals surface area contributed by atoms with Crippen LogP contribution in [0.5, 0.6) is 0 Å². The minimum absolute atomic E-state index is 0.0321. The SMILES string of the molecule is Cc1noc(C2CCCN(S(C)(=O)=O)C2)n1. The molecular weight excluding hydrogens is 230 g/mol. The minimum atomic E-state index is -3.12. The molecule has 1 aliphatic rings. The van der Waals surface area contributed by atoms with E-state index < -0.39 is 10.0 Å². The molecule has 1 saturated heterocycles. The van der Waals surface area contributed by atoms with E-state index in [2.05, 4.69) is 10.1 Å². The molecule has 1 aromatic rings. The Morgan fingerprint density at radius 1 is 1.50 bits per heavy atom. The lowest BCUT2D eigenvalue weighted by atomic mass is 10.00. The summed E-state index contributed by atoms with van der Waals surface area (Å²) < 4.78 is 29.4. The van der Waals surface area contributed by atoms with E-state index in [1.807, 2.05) is 0 Å². The van der Waals surface area contributed by atoms with Gasteiger partial charge in [0.1, 0.15) is 0 Å². The molecule has 0 aliphatic carbocycles. The van der Waals surface area contributed by atoms with Gasteiger partial charge in [-0.25, -0.2) is 12.7 Å². The van der Waals surface area contributed by atoms with Crippen LogP contribution in [0.1, 0.15) is 30.5 Å². The van der Waals surface area contributed by atoms with Crippen molar-refractivity contribution < 1.29 is 12.9 Å². The third-order valence-electron chi connectivity index (χ3n) is 2.75. The number of aryl methyl sites for hydroxylation is 1. The maximum absolute atomic E-state index is 11.4. The van der Waals surface area contributed by atoms with E-state index >= 15 is 0 Å². The van der Waals surface area contributed by atoms with Gasteiger partial charge in [-0.05, 0) is 19.8 Å². The number of aromatic nitrogens is 2. The highest BCUT2D eigenvalue weighted by atomic mass is 32.2. The summed E-state index contributed by atoms with van der Waals surface area (Å²) in [5.74, 6) is 1.17. The van der Waals surface area contributed by atoms with Crippen molar-refractivity contribution in [2.24, 2.45) is 0 Å². The number of piperidine rings is 1. The summed E-state index contributed by atoms with van der Waals surface area (Å²) in [6, 6.07) is 0. The first-order valence-corrected chi connectivity index (χ1v) is 7.07. The standard InChI is InChI=1S/C9H15N3O3S/c1-7-10-9(15-11-7)8-4-3-5-12(6-8)16(2,13)14/h8H,3-6H2,1-2H3. The molecule has 1 atom stereocenters. The molecular formula is C9H15N3O3S. The first kappa shape index (κ1) is 11.5. The van der Waals surface area contributed by atoms with Gasteiger partial charge < -0.3 is 4.52 Å². The normalized spacial score (nSPS) is 23.5. The van der Waals surface area contributed by atoms with Crippen molar-refractivity contribution in [1.29, 1.82) is 0 Å². The Balaban J connectivity index is 2.13. The summed E-state index contributed by atoms with van der Waals surface area (Å²) in [4.78, 5) is 4.15. The van der Waals surface area contributed by atoms with Gasteiger partial charge in [-0.1, -0.05) is 5.16 Å². The molecule has 6 nitrogen and oxygen atoms in total. The second-order valence-corrected chi connectivity index (χ2v) is 6.12. The zero-order valence-electron chi connectivity index (χ0n) is 9.38. The molecule has 0 amide bonds. The molecule has 1 fully saturated rings. The molecule has 1 aromatic heterocycles. The van der Waals surface area contributed by atoms with Crippen LogP contribution >= 0.6 is 0 Å². The van der Waals surface area contributed by atoms with Gasteiger partial charge in [-0.15, -0.1) is 0 Å². The fourth-order valence-corrected chi connectivity index (χ4v) is 2.84. The van der Waals surface area contributed by atoms with Gasteiger partial charge in [0.05, 0.1) is 12.2 Å².